The molecule has 112 valence electrons. The molecule has 1 aliphatic rings. The molecule has 1 aromatic carbocycles. The van der Waals surface area contributed by atoms with E-state index in [1.54, 1.807) is 0 Å². The summed E-state index contributed by atoms with van der Waals surface area (Å²) in [4.78, 5) is 13.8. The minimum atomic E-state index is -3.72. The summed E-state index contributed by atoms with van der Waals surface area (Å²) in [6, 6.07) is 7.47. The van der Waals surface area contributed by atoms with E-state index in [-0.39, 0.29) is 5.91 Å². The molecule has 0 saturated carbocycles. The van der Waals surface area contributed by atoms with Crippen LogP contribution in [-0.4, -0.2) is 45.5 Å². The molecule has 2 rings (SSSR count). The third-order valence-corrected chi connectivity index (χ3v) is 2.86. The second kappa shape index (κ2) is 8.19. The summed E-state index contributed by atoms with van der Waals surface area (Å²) < 4.78 is 24.5. The molecule has 1 heterocycles. The largest absolute Gasteiger partial charge is 0.378 e. The van der Waals surface area contributed by atoms with E-state index in [9.17, 15) is 4.79 Å². The van der Waals surface area contributed by atoms with Crippen molar-refractivity contribution in [1.82, 2.24) is 4.90 Å². The Morgan fingerprint density at radius 3 is 2.30 bits per heavy atom. The molecule has 1 fully saturated rings. The van der Waals surface area contributed by atoms with Gasteiger partial charge in [0.25, 0.3) is 5.91 Å². The number of morpholine rings is 1. The maximum Gasteiger partial charge on any atom is 0.317 e. The lowest BCUT2D eigenvalue weighted by atomic mass is 10.2. The predicted molar refractivity (Wildman–Crippen MR) is 81.5 cm³/mol. The number of halogens is 3. The van der Waals surface area contributed by atoms with Gasteiger partial charge in [0.15, 0.2) is 0 Å². The topological polar surface area (TPSA) is 63.7 Å². The molecular weight excluding hydrogens is 393 g/mol. The van der Waals surface area contributed by atoms with E-state index in [2.05, 4.69) is 37.3 Å². The summed E-state index contributed by atoms with van der Waals surface area (Å²) in [6.45, 7) is 2.65. The fraction of sp³-hybridized carbons (Fsp3) is 0.364. The van der Waals surface area contributed by atoms with Crippen molar-refractivity contribution in [2.75, 3.05) is 26.3 Å². The molecule has 1 aromatic rings. The third-order valence-electron chi connectivity index (χ3n) is 2.37. The quantitative estimate of drug-likeness (QED) is 0.675. The smallest absolute Gasteiger partial charge is 0.317 e. The number of carbonyl (C=O) groups is 1. The first-order valence-corrected chi connectivity index (χ1v) is 9.47. The third kappa shape index (κ3) is 7.44. The molecule has 9 heteroatoms. The molecule has 0 bridgehead atoms. The number of rotatable bonds is 1. The van der Waals surface area contributed by atoms with Crippen molar-refractivity contribution in [3.8, 4) is 0 Å². The van der Waals surface area contributed by atoms with Gasteiger partial charge in [-0.1, -0.05) is 22.0 Å². The highest BCUT2D eigenvalue weighted by atomic mass is 79.9. The maximum atomic E-state index is 12.0. The zero-order valence-electron chi connectivity index (χ0n) is 10.3. The summed E-state index contributed by atoms with van der Waals surface area (Å²) in [5, 5.41) is 0. The van der Waals surface area contributed by atoms with Crippen LogP contribution in [0, 0.1) is 0 Å². The van der Waals surface area contributed by atoms with Gasteiger partial charge in [-0.2, -0.15) is 8.42 Å². The van der Waals surface area contributed by atoms with E-state index >= 15 is 0 Å². The van der Waals surface area contributed by atoms with Crippen molar-refractivity contribution >= 4 is 51.5 Å². The van der Waals surface area contributed by atoms with Gasteiger partial charge in [-0.3, -0.25) is 4.79 Å². The summed E-state index contributed by atoms with van der Waals surface area (Å²) in [6.07, 6.45) is 0. The van der Waals surface area contributed by atoms with Crippen LogP contribution in [0.5, 0.6) is 0 Å². The normalized spacial score (nSPS) is 15.2. The van der Waals surface area contributed by atoms with Gasteiger partial charge in [0.1, 0.15) is 0 Å². The van der Waals surface area contributed by atoms with Gasteiger partial charge in [-0.25, -0.2) is 0 Å². The fourth-order valence-corrected chi connectivity index (χ4v) is 1.97. The highest BCUT2D eigenvalue weighted by Gasteiger charge is 2.18. The number of carbonyl (C=O) groups excluding carboxylic acids is 1. The van der Waals surface area contributed by atoms with Crippen LogP contribution in [0.4, 0.5) is 0 Å². The molecule has 1 aliphatic heterocycles. The van der Waals surface area contributed by atoms with Gasteiger partial charge < -0.3 is 9.64 Å². The summed E-state index contributed by atoms with van der Waals surface area (Å²) >= 11 is 3.36. The Labute approximate surface area is 134 Å². The zero-order valence-corrected chi connectivity index (χ0v) is 14.2. The van der Waals surface area contributed by atoms with Gasteiger partial charge in [0.2, 0.25) is 0 Å². The molecule has 0 radical (unpaired) electrons. The van der Waals surface area contributed by atoms with E-state index in [1.807, 2.05) is 29.2 Å². The number of amides is 1. The summed E-state index contributed by atoms with van der Waals surface area (Å²) in [7, 11) is 4.81. The maximum absolute atomic E-state index is 12.0. The van der Waals surface area contributed by atoms with Gasteiger partial charge >= 0.3 is 8.26 Å². The van der Waals surface area contributed by atoms with E-state index in [1.165, 1.54) is 0 Å². The molecular formula is C11H12BrCl2NO4S. The van der Waals surface area contributed by atoms with Crippen LogP contribution >= 0.6 is 37.3 Å². The van der Waals surface area contributed by atoms with Crippen molar-refractivity contribution < 1.29 is 17.9 Å². The van der Waals surface area contributed by atoms with E-state index in [4.69, 9.17) is 13.2 Å². The second-order valence-corrected chi connectivity index (χ2v) is 8.38. The number of hydrogen-bond donors (Lipinski definition) is 0. The molecule has 0 aromatic heterocycles. The van der Waals surface area contributed by atoms with Gasteiger partial charge in [-0.15, -0.1) is 0 Å². The summed E-state index contributed by atoms with van der Waals surface area (Å²) in [5.41, 5.74) is 0.728. The highest BCUT2D eigenvalue weighted by molar-refractivity contribution is 9.10. The van der Waals surface area contributed by atoms with Crippen LogP contribution in [0.1, 0.15) is 10.4 Å². The molecule has 0 unspecified atom stereocenters. The second-order valence-electron chi connectivity index (χ2n) is 3.79. The van der Waals surface area contributed by atoms with E-state index in [0.29, 0.717) is 26.3 Å². The average Bonchev–Trinajstić information content (AvgIpc) is 2.37. The molecule has 0 spiro atoms. The number of ether oxygens (including phenoxy) is 1. The molecule has 0 atom stereocenters. The lowest BCUT2D eigenvalue weighted by Gasteiger charge is -2.26. The van der Waals surface area contributed by atoms with Crippen LogP contribution in [0.3, 0.4) is 0 Å². The van der Waals surface area contributed by atoms with Gasteiger partial charge in [-0.05, 0) is 18.2 Å². The first-order valence-electron chi connectivity index (χ1n) is 5.54. The van der Waals surface area contributed by atoms with E-state index < -0.39 is 8.26 Å². The summed E-state index contributed by atoms with van der Waals surface area (Å²) in [5.74, 6) is 0.0830. The van der Waals surface area contributed by atoms with Crippen LogP contribution in [-0.2, 0) is 13.0 Å². The molecule has 0 N–H and O–H groups in total. The van der Waals surface area contributed by atoms with Crippen LogP contribution < -0.4 is 0 Å². The fourth-order valence-electron chi connectivity index (χ4n) is 1.57. The van der Waals surface area contributed by atoms with Crippen molar-refractivity contribution in [2.45, 2.75) is 0 Å². The lowest BCUT2D eigenvalue weighted by Crippen LogP contribution is -2.40. The molecule has 1 saturated heterocycles. The Balaban J connectivity index is 0.000000347. The molecule has 5 nitrogen and oxygen atoms in total. The SMILES string of the molecule is O=C(c1cccc(Br)c1)N1CCOCC1.O=S(=O)(Cl)Cl. The first kappa shape index (κ1) is 17.7. The van der Waals surface area contributed by atoms with Gasteiger partial charge in [0, 0.05) is 44.5 Å². The van der Waals surface area contributed by atoms with Crippen molar-refractivity contribution in [3.05, 3.63) is 34.3 Å². The minimum absolute atomic E-state index is 0.0830. The lowest BCUT2D eigenvalue weighted by molar-refractivity contribution is 0.0303. The Morgan fingerprint density at radius 1 is 1.25 bits per heavy atom. The Bertz CT molecular complexity index is 553. The van der Waals surface area contributed by atoms with E-state index in [0.717, 1.165) is 10.0 Å². The zero-order chi connectivity index (χ0) is 15.2. The Hall–Kier alpha value is -0.340. The Morgan fingerprint density at radius 2 is 1.80 bits per heavy atom. The molecule has 0 aliphatic carbocycles. The van der Waals surface area contributed by atoms with Crippen molar-refractivity contribution in [2.24, 2.45) is 0 Å². The standard InChI is InChI=1S/C11H12BrNO2.Cl2O2S/c12-10-3-1-2-9(8-10)11(14)13-4-6-15-7-5-13;1-5(2,3)4/h1-3,8H,4-7H2;. The van der Waals surface area contributed by atoms with Crippen molar-refractivity contribution in [3.63, 3.8) is 0 Å². The highest BCUT2D eigenvalue weighted by Crippen LogP contribution is 2.14. The first-order chi connectivity index (χ1) is 9.27. The van der Waals surface area contributed by atoms with Crippen molar-refractivity contribution in [1.29, 1.82) is 0 Å². The minimum Gasteiger partial charge on any atom is -0.378 e. The Kier molecular flexibility index (Phi) is 7.25. The predicted octanol–water partition coefficient (Wildman–Crippen LogP) is 2.63. The number of benzene rings is 1. The monoisotopic (exact) mass is 403 g/mol. The van der Waals surface area contributed by atoms with Crippen LogP contribution in [0.25, 0.3) is 0 Å². The molecule has 1 amide bonds. The van der Waals surface area contributed by atoms with Crippen LogP contribution in [0.15, 0.2) is 28.7 Å². The number of hydrogen-bond acceptors (Lipinski definition) is 4. The number of nitrogens with zero attached hydrogens (tertiary/aromatic N) is 1. The average molecular weight is 405 g/mol. The van der Waals surface area contributed by atoms with Crippen LogP contribution in [0.2, 0.25) is 0 Å². The van der Waals surface area contributed by atoms with Gasteiger partial charge in [0.05, 0.1) is 13.2 Å². The molecule has 20 heavy (non-hydrogen) atoms.